The van der Waals surface area contributed by atoms with Crippen molar-refractivity contribution in [3.63, 3.8) is 0 Å². The van der Waals surface area contributed by atoms with Crippen LogP contribution in [-0.4, -0.2) is 19.3 Å². The standard InChI is InChI=1S/C12H17NO/c1-9-3-5-11(6-4-9)10(2)13-12-7-14-8-12/h3-6,10,12-13H,7-8H2,1-2H3/t10-/m1/s1. The molecular weight excluding hydrogens is 174 g/mol. The highest BCUT2D eigenvalue weighted by Crippen LogP contribution is 2.15. The molecule has 0 spiro atoms. The molecule has 1 fully saturated rings. The normalized spacial score (nSPS) is 19.0. The lowest BCUT2D eigenvalue weighted by Gasteiger charge is -2.30. The van der Waals surface area contributed by atoms with E-state index in [9.17, 15) is 0 Å². The summed E-state index contributed by atoms with van der Waals surface area (Å²) < 4.78 is 5.13. The molecule has 0 aromatic heterocycles. The van der Waals surface area contributed by atoms with Gasteiger partial charge < -0.3 is 10.1 Å². The summed E-state index contributed by atoms with van der Waals surface area (Å²) in [5.74, 6) is 0. The van der Waals surface area contributed by atoms with E-state index in [0.29, 0.717) is 12.1 Å². The molecule has 14 heavy (non-hydrogen) atoms. The maximum atomic E-state index is 5.13. The summed E-state index contributed by atoms with van der Waals surface area (Å²) in [6.07, 6.45) is 0. The summed E-state index contributed by atoms with van der Waals surface area (Å²) in [7, 11) is 0. The quantitative estimate of drug-likeness (QED) is 0.789. The molecule has 0 aliphatic carbocycles. The van der Waals surface area contributed by atoms with Gasteiger partial charge in [0.25, 0.3) is 0 Å². The smallest absolute Gasteiger partial charge is 0.0643 e. The Morgan fingerprint density at radius 1 is 1.29 bits per heavy atom. The lowest BCUT2D eigenvalue weighted by Crippen LogP contribution is -2.46. The molecule has 1 N–H and O–H groups in total. The van der Waals surface area contributed by atoms with Crippen LogP contribution >= 0.6 is 0 Å². The number of nitrogens with one attached hydrogen (secondary N) is 1. The molecular formula is C12H17NO. The highest BCUT2D eigenvalue weighted by Gasteiger charge is 2.20. The molecule has 0 saturated carbocycles. The molecule has 2 heteroatoms. The Labute approximate surface area is 85.3 Å². The van der Waals surface area contributed by atoms with E-state index in [1.54, 1.807) is 0 Å². The number of aryl methyl sites for hydroxylation is 1. The maximum Gasteiger partial charge on any atom is 0.0643 e. The van der Waals surface area contributed by atoms with Crippen molar-refractivity contribution in [1.29, 1.82) is 0 Å². The van der Waals surface area contributed by atoms with Crippen molar-refractivity contribution in [3.05, 3.63) is 35.4 Å². The van der Waals surface area contributed by atoms with Crippen LogP contribution in [-0.2, 0) is 4.74 Å². The van der Waals surface area contributed by atoms with Gasteiger partial charge in [-0.05, 0) is 19.4 Å². The molecule has 1 aromatic rings. The first-order chi connectivity index (χ1) is 6.75. The second kappa shape index (κ2) is 4.11. The van der Waals surface area contributed by atoms with Gasteiger partial charge in [0, 0.05) is 6.04 Å². The second-order valence-electron chi connectivity index (χ2n) is 4.03. The van der Waals surface area contributed by atoms with Crippen LogP contribution in [0.3, 0.4) is 0 Å². The lowest BCUT2D eigenvalue weighted by molar-refractivity contribution is -0.00925. The minimum absolute atomic E-state index is 0.421. The van der Waals surface area contributed by atoms with Crippen molar-refractivity contribution >= 4 is 0 Å². The topological polar surface area (TPSA) is 21.3 Å². The number of ether oxygens (including phenoxy) is 1. The van der Waals surface area contributed by atoms with E-state index in [2.05, 4.69) is 43.4 Å². The average molecular weight is 191 g/mol. The minimum atomic E-state index is 0.421. The molecule has 1 saturated heterocycles. The summed E-state index contributed by atoms with van der Waals surface area (Å²) in [5, 5.41) is 3.53. The van der Waals surface area contributed by atoms with Gasteiger partial charge in [-0.15, -0.1) is 0 Å². The molecule has 1 heterocycles. The van der Waals surface area contributed by atoms with E-state index in [-0.39, 0.29) is 0 Å². The fraction of sp³-hybridized carbons (Fsp3) is 0.500. The van der Waals surface area contributed by atoms with Gasteiger partial charge in [-0.25, -0.2) is 0 Å². The molecule has 1 aromatic carbocycles. The van der Waals surface area contributed by atoms with Crippen LogP contribution in [0, 0.1) is 6.92 Å². The van der Waals surface area contributed by atoms with Gasteiger partial charge in [-0.1, -0.05) is 29.8 Å². The molecule has 0 bridgehead atoms. The van der Waals surface area contributed by atoms with Crippen LogP contribution in [0.4, 0.5) is 0 Å². The third-order valence-corrected chi connectivity index (χ3v) is 2.70. The third-order valence-electron chi connectivity index (χ3n) is 2.70. The Bertz CT molecular complexity index is 290. The third kappa shape index (κ3) is 2.14. The van der Waals surface area contributed by atoms with E-state index in [4.69, 9.17) is 4.74 Å². The second-order valence-corrected chi connectivity index (χ2v) is 4.03. The highest BCUT2D eigenvalue weighted by atomic mass is 16.5. The average Bonchev–Trinajstić information content (AvgIpc) is 2.12. The van der Waals surface area contributed by atoms with E-state index in [0.717, 1.165) is 13.2 Å². The Balaban J connectivity index is 1.95. The fourth-order valence-electron chi connectivity index (χ4n) is 1.64. The van der Waals surface area contributed by atoms with Crippen LogP contribution in [0.2, 0.25) is 0 Å². The minimum Gasteiger partial charge on any atom is -0.378 e. The van der Waals surface area contributed by atoms with Gasteiger partial charge >= 0.3 is 0 Å². The molecule has 0 amide bonds. The predicted molar refractivity (Wildman–Crippen MR) is 57.3 cm³/mol. The van der Waals surface area contributed by atoms with Gasteiger partial charge in [0.05, 0.1) is 19.3 Å². The van der Waals surface area contributed by atoms with Gasteiger partial charge in [0.15, 0.2) is 0 Å². The van der Waals surface area contributed by atoms with Crippen molar-refractivity contribution in [1.82, 2.24) is 5.32 Å². The summed E-state index contributed by atoms with van der Waals surface area (Å²) >= 11 is 0. The molecule has 0 unspecified atom stereocenters. The molecule has 1 aliphatic heterocycles. The lowest BCUT2D eigenvalue weighted by atomic mass is 10.1. The summed E-state index contributed by atoms with van der Waals surface area (Å²) in [5.41, 5.74) is 2.66. The van der Waals surface area contributed by atoms with Crippen molar-refractivity contribution in [2.45, 2.75) is 25.9 Å². The van der Waals surface area contributed by atoms with Crippen molar-refractivity contribution in [2.24, 2.45) is 0 Å². The molecule has 2 rings (SSSR count). The Hall–Kier alpha value is -0.860. The molecule has 76 valence electrons. The van der Waals surface area contributed by atoms with Gasteiger partial charge in [0.1, 0.15) is 0 Å². The number of hydrogen-bond acceptors (Lipinski definition) is 2. The van der Waals surface area contributed by atoms with E-state index >= 15 is 0 Å². The number of hydrogen-bond donors (Lipinski definition) is 1. The molecule has 0 radical (unpaired) electrons. The Kier molecular flexibility index (Phi) is 2.85. The Morgan fingerprint density at radius 3 is 2.43 bits per heavy atom. The number of benzene rings is 1. The van der Waals surface area contributed by atoms with E-state index < -0.39 is 0 Å². The fourth-order valence-corrected chi connectivity index (χ4v) is 1.64. The van der Waals surface area contributed by atoms with Crippen molar-refractivity contribution in [3.8, 4) is 0 Å². The SMILES string of the molecule is Cc1ccc([C@@H](C)NC2COC2)cc1. The zero-order valence-corrected chi connectivity index (χ0v) is 8.79. The van der Waals surface area contributed by atoms with Crippen LogP contribution in [0.15, 0.2) is 24.3 Å². The van der Waals surface area contributed by atoms with Gasteiger partial charge in [0.2, 0.25) is 0 Å². The first-order valence-corrected chi connectivity index (χ1v) is 5.16. The summed E-state index contributed by atoms with van der Waals surface area (Å²) in [4.78, 5) is 0. The van der Waals surface area contributed by atoms with Crippen molar-refractivity contribution < 1.29 is 4.74 Å². The largest absolute Gasteiger partial charge is 0.378 e. The highest BCUT2D eigenvalue weighted by molar-refractivity contribution is 5.23. The summed E-state index contributed by atoms with van der Waals surface area (Å²) in [6.45, 7) is 6.02. The van der Waals surface area contributed by atoms with Crippen LogP contribution in [0.25, 0.3) is 0 Å². The Morgan fingerprint density at radius 2 is 1.93 bits per heavy atom. The molecule has 1 atom stereocenters. The van der Waals surface area contributed by atoms with Crippen LogP contribution in [0.1, 0.15) is 24.1 Å². The number of rotatable bonds is 3. The summed E-state index contributed by atoms with van der Waals surface area (Å²) in [6, 6.07) is 9.66. The van der Waals surface area contributed by atoms with Crippen LogP contribution in [0.5, 0.6) is 0 Å². The zero-order chi connectivity index (χ0) is 9.97. The van der Waals surface area contributed by atoms with Crippen LogP contribution < -0.4 is 5.32 Å². The maximum absolute atomic E-state index is 5.13. The zero-order valence-electron chi connectivity index (χ0n) is 8.79. The molecule has 2 nitrogen and oxygen atoms in total. The van der Waals surface area contributed by atoms with E-state index in [1.165, 1.54) is 11.1 Å². The van der Waals surface area contributed by atoms with Crippen molar-refractivity contribution in [2.75, 3.05) is 13.2 Å². The van der Waals surface area contributed by atoms with Gasteiger partial charge in [-0.2, -0.15) is 0 Å². The predicted octanol–water partition coefficient (Wildman–Crippen LogP) is 2.04. The first kappa shape index (κ1) is 9.69. The van der Waals surface area contributed by atoms with E-state index in [1.807, 2.05) is 0 Å². The monoisotopic (exact) mass is 191 g/mol. The van der Waals surface area contributed by atoms with Gasteiger partial charge in [-0.3, -0.25) is 0 Å². The first-order valence-electron chi connectivity index (χ1n) is 5.16. The molecule has 1 aliphatic rings.